The lowest BCUT2D eigenvalue weighted by atomic mass is 9.96. The van der Waals surface area contributed by atoms with E-state index in [-0.39, 0.29) is 28.4 Å². The topological polar surface area (TPSA) is 24.5 Å². The molecule has 2 aromatic rings. The zero-order valence-corrected chi connectivity index (χ0v) is 15.9. The maximum atomic E-state index is 12.6. The molecule has 1 N–H and O–H groups in total. The molecular weight excluding hydrogens is 418 g/mol. The molecule has 1 fully saturated rings. The third kappa shape index (κ3) is 6.55. The molecule has 29 heavy (non-hydrogen) atoms. The monoisotopic (exact) mass is 436 g/mol. The van der Waals surface area contributed by atoms with E-state index in [4.69, 9.17) is 0 Å². The number of halogens is 6. The Morgan fingerprint density at radius 2 is 1.34 bits per heavy atom. The number of hydrogen-bond acceptors (Lipinski definition) is 4. The Kier molecular flexibility index (Phi) is 6.65. The van der Waals surface area contributed by atoms with Gasteiger partial charge in [-0.1, -0.05) is 24.3 Å². The van der Waals surface area contributed by atoms with Crippen LogP contribution in [0.2, 0.25) is 0 Å². The highest BCUT2D eigenvalue weighted by Crippen LogP contribution is 2.38. The van der Waals surface area contributed by atoms with E-state index in [1.807, 2.05) is 0 Å². The lowest BCUT2D eigenvalue weighted by molar-refractivity contribution is -0.274. The first-order chi connectivity index (χ1) is 13.6. The molecule has 10 heteroatoms. The second kappa shape index (κ2) is 8.85. The van der Waals surface area contributed by atoms with E-state index in [2.05, 4.69) is 15.0 Å². The van der Waals surface area contributed by atoms with E-state index in [0.29, 0.717) is 13.1 Å². The van der Waals surface area contributed by atoms with Crippen molar-refractivity contribution >= 4 is 11.8 Å². The predicted octanol–water partition coefficient (Wildman–Crippen LogP) is 5.19. The molecule has 0 radical (unpaired) electrons. The zero-order chi connectivity index (χ0) is 21.1. The summed E-state index contributed by atoms with van der Waals surface area (Å²) in [6.45, 7) is 2.89. The lowest BCUT2D eigenvalue weighted by Gasteiger charge is -2.35. The minimum Gasteiger partial charge on any atom is -0.406 e. The molecule has 1 heterocycles. The Morgan fingerprint density at radius 1 is 0.828 bits per heavy atom. The molecule has 1 saturated heterocycles. The van der Waals surface area contributed by atoms with E-state index in [1.54, 1.807) is 24.3 Å². The van der Waals surface area contributed by atoms with E-state index in [0.717, 1.165) is 24.2 Å². The van der Waals surface area contributed by atoms with Gasteiger partial charge in [-0.05, 0) is 47.2 Å². The number of rotatable bonds is 5. The van der Waals surface area contributed by atoms with Crippen molar-refractivity contribution in [1.29, 1.82) is 0 Å². The number of piperazine rings is 1. The molecule has 2 aromatic carbocycles. The normalized spacial score (nSPS) is 17.2. The number of thioether (sulfide) groups is 1. The Balaban J connectivity index is 1.87. The third-order valence-electron chi connectivity index (χ3n) is 4.38. The highest BCUT2D eigenvalue weighted by Gasteiger charge is 2.32. The number of hydrogen-bond donors (Lipinski definition) is 1. The summed E-state index contributed by atoms with van der Waals surface area (Å²) in [6.07, 6.45) is -4.77. The van der Waals surface area contributed by atoms with Gasteiger partial charge in [0.15, 0.2) is 0 Å². The Labute approximate surface area is 168 Å². The van der Waals surface area contributed by atoms with Crippen molar-refractivity contribution in [2.45, 2.75) is 22.8 Å². The van der Waals surface area contributed by atoms with Crippen LogP contribution >= 0.6 is 11.8 Å². The quantitative estimate of drug-likeness (QED) is 0.515. The van der Waals surface area contributed by atoms with E-state index in [9.17, 15) is 26.3 Å². The fourth-order valence-electron chi connectivity index (χ4n) is 3.26. The number of ether oxygens (including phenoxy) is 1. The molecule has 0 saturated carbocycles. The Morgan fingerprint density at radius 3 is 1.83 bits per heavy atom. The van der Waals surface area contributed by atoms with Gasteiger partial charge >= 0.3 is 11.9 Å². The molecular formula is C19H18F6N2OS. The molecule has 0 unspecified atom stereocenters. The lowest BCUT2D eigenvalue weighted by Crippen LogP contribution is -2.45. The van der Waals surface area contributed by atoms with Crippen molar-refractivity contribution in [2.24, 2.45) is 0 Å². The first-order valence-electron chi connectivity index (χ1n) is 8.77. The molecule has 158 valence electrons. The largest absolute Gasteiger partial charge is 0.573 e. The predicted molar refractivity (Wildman–Crippen MR) is 97.8 cm³/mol. The first-order valence-corrected chi connectivity index (χ1v) is 9.58. The zero-order valence-electron chi connectivity index (χ0n) is 15.1. The molecule has 1 atom stereocenters. The first kappa shape index (κ1) is 21.8. The van der Waals surface area contributed by atoms with Crippen LogP contribution in [0.3, 0.4) is 0 Å². The van der Waals surface area contributed by atoms with Crippen LogP contribution in [0.5, 0.6) is 5.75 Å². The van der Waals surface area contributed by atoms with Crippen molar-refractivity contribution in [1.82, 2.24) is 10.2 Å². The van der Waals surface area contributed by atoms with Crippen LogP contribution in [-0.4, -0.2) is 42.9 Å². The van der Waals surface area contributed by atoms with Gasteiger partial charge in [0.2, 0.25) is 0 Å². The summed E-state index contributed by atoms with van der Waals surface area (Å²) >= 11 is -0.187. The van der Waals surface area contributed by atoms with Gasteiger partial charge in [0.25, 0.3) is 0 Å². The van der Waals surface area contributed by atoms with Gasteiger partial charge in [0, 0.05) is 31.1 Å². The standard InChI is InChI=1S/C19H18F6N2OS/c20-18(21,22)28-15-5-1-13(2-6-15)17(27-11-9-26-10-12-27)14-3-7-16(8-4-14)29-19(23,24)25/h1-8,17,26H,9-12H2/t17-/m0/s1. The van der Waals surface area contributed by atoms with Crippen molar-refractivity contribution < 1.29 is 31.1 Å². The average molecular weight is 436 g/mol. The molecule has 0 amide bonds. The SMILES string of the molecule is FC(F)(F)Oc1ccc([C@@H](c2ccc(SC(F)(F)F)cc2)N2CCNCC2)cc1. The van der Waals surface area contributed by atoms with Crippen LogP contribution < -0.4 is 10.1 Å². The maximum Gasteiger partial charge on any atom is 0.573 e. The van der Waals surface area contributed by atoms with Crippen LogP contribution in [0.25, 0.3) is 0 Å². The van der Waals surface area contributed by atoms with E-state index < -0.39 is 11.9 Å². The van der Waals surface area contributed by atoms with Gasteiger partial charge in [0.05, 0.1) is 6.04 Å². The van der Waals surface area contributed by atoms with Gasteiger partial charge in [-0.2, -0.15) is 13.2 Å². The summed E-state index contributed by atoms with van der Waals surface area (Å²) in [5.74, 6) is -0.322. The van der Waals surface area contributed by atoms with Gasteiger partial charge in [-0.25, -0.2) is 0 Å². The molecule has 0 aromatic heterocycles. The van der Waals surface area contributed by atoms with Crippen molar-refractivity contribution in [2.75, 3.05) is 26.2 Å². The van der Waals surface area contributed by atoms with Crippen LogP contribution in [0, 0.1) is 0 Å². The number of alkyl halides is 6. The summed E-state index contributed by atoms with van der Waals surface area (Å²) in [5.41, 5.74) is -2.87. The summed E-state index contributed by atoms with van der Waals surface area (Å²) in [6, 6.07) is 11.4. The summed E-state index contributed by atoms with van der Waals surface area (Å²) < 4.78 is 78.8. The molecule has 1 aliphatic rings. The van der Waals surface area contributed by atoms with Gasteiger partial charge < -0.3 is 10.1 Å². The minimum absolute atomic E-state index is 0.0780. The maximum absolute atomic E-state index is 12.6. The highest BCUT2D eigenvalue weighted by molar-refractivity contribution is 8.00. The molecule has 3 rings (SSSR count). The fraction of sp³-hybridized carbons (Fsp3) is 0.368. The van der Waals surface area contributed by atoms with Crippen LogP contribution in [0.15, 0.2) is 53.4 Å². The fourth-order valence-corrected chi connectivity index (χ4v) is 3.80. The minimum atomic E-state index is -4.77. The summed E-state index contributed by atoms with van der Waals surface area (Å²) in [7, 11) is 0. The van der Waals surface area contributed by atoms with Crippen LogP contribution in [0.1, 0.15) is 17.2 Å². The number of nitrogens with zero attached hydrogens (tertiary/aromatic N) is 1. The molecule has 0 bridgehead atoms. The number of nitrogens with one attached hydrogen (secondary N) is 1. The average Bonchev–Trinajstić information content (AvgIpc) is 2.63. The van der Waals surface area contributed by atoms with Crippen molar-refractivity contribution in [3.8, 4) is 5.75 Å². The second-order valence-corrected chi connectivity index (χ2v) is 7.56. The van der Waals surface area contributed by atoms with Gasteiger partial charge in [-0.3, -0.25) is 4.90 Å². The van der Waals surface area contributed by atoms with Gasteiger partial charge in [-0.15, -0.1) is 13.2 Å². The molecule has 3 nitrogen and oxygen atoms in total. The number of benzene rings is 2. The van der Waals surface area contributed by atoms with Crippen molar-refractivity contribution in [3.63, 3.8) is 0 Å². The van der Waals surface area contributed by atoms with Gasteiger partial charge in [0.1, 0.15) is 5.75 Å². The summed E-state index contributed by atoms with van der Waals surface area (Å²) in [5, 5.41) is 3.23. The van der Waals surface area contributed by atoms with Crippen molar-refractivity contribution in [3.05, 3.63) is 59.7 Å². The molecule has 0 spiro atoms. The molecule has 0 aliphatic carbocycles. The van der Waals surface area contributed by atoms with Crippen LogP contribution in [0.4, 0.5) is 26.3 Å². The summed E-state index contributed by atoms with van der Waals surface area (Å²) in [4.78, 5) is 2.22. The highest BCUT2D eigenvalue weighted by atomic mass is 32.2. The second-order valence-electron chi connectivity index (χ2n) is 6.42. The molecule has 1 aliphatic heterocycles. The van der Waals surface area contributed by atoms with Crippen LogP contribution in [-0.2, 0) is 0 Å². The smallest absolute Gasteiger partial charge is 0.406 e. The third-order valence-corrected chi connectivity index (χ3v) is 5.11. The Hall–Kier alpha value is -1.91. The van der Waals surface area contributed by atoms with E-state index >= 15 is 0 Å². The Bertz CT molecular complexity index is 727. The van der Waals surface area contributed by atoms with E-state index in [1.165, 1.54) is 24.3 Å².